The van der Waals surface area contributed by atoms with Crippen molar-refractivity contribution in [1.82, 2.24) is 15.5 Å². The first-order valence-corrected chi connectivity index (χ1v) is 10.8. The van der Waals surface area contributed by atoms with Gasteiger partial charge in [-0.15, -0.1) is 11.8 Å². The van der Waals surface area contributed by atoms with Gasteiger partial charge in [-0.1, -0.05) is 32.0 Å². The highest BCUT2D eigenvalue weighted by atomic mass is 32.2. The van der Waals surface area contributed by atoms with Gasteiger partial charge in [-0.3, -0.25) is 4.99 Å². The van der Waals surface area contributed by atoms with Crippen LogP contribution in [0.4, 0.5) is 0 Å². The average molecular weight is 375 g/mol. The molecule has 0 radical (unpaired) electrons. The second-order valence-corrected chi connectivity index (χ2v) is 9.68. The van der Waals surface area contributed by atoms with E-state index >= 15 is 0 Å². The van der Waals surface area contributed by atoms with Gasteiger partial charge in [0.25, 0.3) is 0 Å². The van der Waals surface area contributed by atoms with Crippen LogP contribution >= 0.6 is 11.8 Å². The largest absolute Gasteiger partial charge is 0.355 e. The molecule has 0 unspecified atom stereocenters. The molecule has 0 amide bonds. The second-order valence-electron chi connectivity index (χ2n) is 8.14. The van der Waals surface area contributed by atoms with E-state index in [1.54, 1.807) is 0 Å². The van der Waals surface area contributed by atoms with Gasteiger partial charge in [-0.2, -0.15) is 0 Å². The van der Waals surface area contributed by atoms with Gasteiger partial charge in [-0.05, 0) is 43.7 Å². The third-order valence-corrected chi connectivity index (χ3v) is 6.73. The van der Waals surface area contributed by atoms with Crippen molar-refractivity contribution < 1.29 is 0 Å². The number of thioether (sulfide) groups is 1. The van der Waals surface area contributed by atoms with Crippen LogP contribution in [-0.4, -0.2) is 54.9 Å². The molecule has 0 bridgehead atoms. The van der Waals surface area contributed by atoms with Gasteiger partial charge in [0.2, 0.25) is 0 Å². The summed E-state index contributed by atoms with van der Waals surface area (Å²) in [4.78, 5) is 8.42. The fraction of sp³-hybridized carbons (Fsp3) is 0.667. The summed E-state index contributed by atoms with van der Waals surface area (Å²) in [5, 5.41) is 7.23. The molecule has 1 saturated heterocycles. The van der Waals surface area contributed by atoms with Crippen LogP contribution in [0.2, 0.25) is 0 Å². The smallest absolute Gasteiger partial charge is 0.191 e. The van der Waals surface area contributed by atoms with E-state index in [9.17, 15) is 0 Å². The Labute approximate surface area is 163 Å². The highest BCUT2D eigenvalue weighted by Gasteiger charge is 2.43. The van der Waals surface area contributed by atoms with Crippen LogP contribution < -0.4 is 10.6 Å². The van der Waals surface area contributed by atoms with Gasteiger partial charge in [0.15, 0.2) is 5.96 Å². The summed E-state index contributed by atoms with van der Waals surface area (Å²) in [6.45, 7) is 9.20. The number of hydrogen-bond acceptors (Lipinski definition) is 3. The first-order chi connectivity index (χ1) is 12.6. The minimum absolute atomic E-state index is 0.347. The lowest BCUT2D eigenvalue weighted by atomic mass is 10.0. The molecule has 144 valence electrons. The summed E-state index contributed by atoms with van der Waals surface area (Å²) in [7, 11) is 1.88. The van der Waals surface area contributed by atoms with E-state index in [-0.39, 0.29) is 0 Å². The van der Waals surface area contributed by atoms with E-state index in [1.807, 2.05) is 18.8 Å². The van der Waals surface area contributed by atoms with Crippen molar-refractivity contribution in [2.45, 2.75) is 55.2 Å². The Bertz CT molecular complexity index is 575. The summed E-state index contributed by atoms with van der Waals surface area (Å²) < 4.78 is 0.347. The lowest BCUT2D eigenvalue weighted by molar-refractivity contribution is 0.187. The maximum atomic E-state index is 4.46. The van der Waals surface area contributed by atoms with Gasteiger partial charge >= 0.3 is 0 Å². The molecule has 1 aliphatic heterocycles. The number of hydrogen-bond donors (Lipinski definition) is 2. The zero-order chi connectivity index (χ0) is 18.4. The van der Waals surface area contributed by atoms with Gasteiger partial charge in [-0.25, -0.2) is 0 Å². The number of piperidine rings is 1. The molecule has 26 heavy (non-hydrogen) atoms. The molecule has 1 aliphatic carbocycles. The number of nitrogens with one attached hydrogen (secondary N) is 2. The lowest BCUT2D eigenvalue weighted by Gasteiger charge is -2.34. The third-order valence-electron chi connectivity index (χ3n) is 5.24. The Balaban J connectivity index is 1.41. The molecule has 1 heterocycles. The maximum Gasteiger partial charge on any atom is 0.191 e. The molecule has 1 aromatic rings. The van der Waals surface area contributed by atoms with Crippen molar-refractivity contribution in [3.63, 3.8) is 0 Å². The van der Waals surface area contributed by atoms with E-state index in [1.165, 1.54) is 50.2 Å². The van der Waals surface area contributed by atoms with Crippen LogP contribution in [-0.2, 0) is 0 Å². The average Bonchev–Trinajstić information content (AvgIpc) is 3.40. The number of guanidine groups is 1. The van der Waals surface area contributed by atoms with Gasteiger partial charge in [0.1, 0.15) is 0 Å². The number of benzene rings is 1. The summed E-state index contributed by atoms with van der Waals surface area (Å²) in [5.41, 5.74) is 0. The minimum atomic E-state index is 0.347. The molecular formula is C21H34N4S. The normalized spacial score (nSPS) is 21.0. The topological polar surface area (TPSA) is 39.7 Å². The van der Waals surface area contributed by atoms with Crippen LogP contribution in [0.15, 0.2) is 40.2 Å². The molecule has 4 nitrogen and oxygen atoms in total. The van der Waals surface area contributed by atoms with Gasteiger partial charge in [0.05, 0.1) is 0 Å². The molecule has 5 heteroatoms. The summed E-state index contributed by atoms with van der Waals surface area (Å²) >= 11 is 2.01. The maximum absolute atomic E-state index is 4.46. The monoisotopic (exact) mass is 374 g/mol. The second kappa shape index (κ2) is 9.14. The SMILES string of the molecule is CN=C(NCC1(Sc2ccccc2)CC1)NC1CCN(CC(C)C)CC1. The Morgan fingerprint density at radius 2 is 1.92 bits per heavy atom. The first-order valence-electron chi connectivity index (χ1n) is 10.0. The van der Waals surface area contributed by atoms with Crippen molar-refractivity contribution in [3.8, 4) is 0 Å². The molecule has 1 saturated carbocycles. The Kier molecular flexibility index (Phi) is 6.87. The molecule has 0 atom stereocenters. The summed E-state index contributed by atoms with van der Waals surface area (Å²) in [5.74, 6) is 1.72. The van der Waals surface area contributed by atoms with Crippen molar-refractivity contribution in [3.05, 3.63) is 30.3 Å². The van der Waals surface area contributed by atoms with Crippen LogP contribution in [0, 0.1) is 5.92 Å². The minimum Gasteiger partial charge on any atom is -0.355 e. The van der Waals surface area contributed by atoms with Crippen molar-refractivity contribution in [1.29, 1.82) is 0 Å². The highest BCUT2D eigenvalue weighted by Crippen LogP contribution is 2.51. The van der Waals surface area contributed by atoms with E-state index in [0.717, 1.165) is 18.4 Å². The molecule has 0 aromatic heterocycles. The van der Waals surface area contributed by atoms with Gasteiger partial charge < -0.3 is 15.5 Å². The lowest BCUT2D eigenvalue weighted by Crippen LogP contribution is -2.50. The number of aliphatic imine (C=N–C) groups is 1. The number of nitrogens with zero attached hydrogens (tertiary/aromatic N) is 2. The standard InChI is InChI=1S/C21H34N4S/c1-17(2)15-25-13-9-18(10-14-25)24-20(22-3)23-16-21(11-12-21)26-19-7-5-4-6-8-19/h4-8,17-18H,9-16H2,1-3H3,(H2,22,23,24). The van der Waals surface area contributed by atoms with Crippen molar-refractivity contribution in [2.75, 3.05) is 33.2 Å². The van der Waals surface area contributed by atoms with Crippen LogP contribution in [0.5, 0.6) is 0 Å². The Hall–Kier alpha value is -1.20. The number of rotatable bonds is 7. The Morgan fingerprint density at radius 1 is 1.23 bits per heavy atom. The molecule has 1 aromatic carbocycles. The highest BCUT2D eigenvalue weighted by molar-refractivity contribution is 8.01. The molecule has 2 N–H and O–H groups in total. The predicted molar refractivity (Wildman–Crippen MR) is 113 cm³/mol. The third kappa shape index (κ3) is 5.92. The molecule has 2 fully saturated rings. The van der Waals surface area contributed by atoms with Crippen LogP contribution in [0.1, 0.15) is 39.5 Å². The number of likely N-dealkylation sites (tertiary alicyclic amines) is 1. The van der Waals surface area contributed by atoms with Crippen LogP contribution in [0.25, 0.3) is 0 Å². The van der Waals surface area contributed by atoms with E-state index in [2.05, 4.69) is 64.7 Å². The van der Waals surface area contributed by atoms with E-state index < -0.39 is 0 Å². The zero-order valence-corrected chi connectivity index (χ0v) is 17.3. The summed E-state index contributed by atoms with van der Waals surface area (Å²) in [6, 6.07) is 11.3. The van der Waals surface area contributed by atoms with Crippen molar-refractivity contribution >= 4 is 17.7 Å². The van der Waals surface area contributed by atoms with E-state index in [4.69, 9.17) is 0 Å². The molecule has 0 spiro atoms. The Morgan fingerprint density at radius 3 is 2.50 bits per heavy atom. The predicted octanol–water partition coefficient (Wildman–Crippen LogP) is 3.60. The van der Waals surface area contributed by atoms with Crippen molar-refractivity contribution in [2.24, 2.45) is 10.9 Å². The van der Waals surface area contributed by atoms with Gasteiger partial charge in [0, 0.05) is 48.9 Å². The molecular weight excluding hydrogens is 340 g/mol. The fourth-order valence-corrected chi connectivity index (χ4v) is 4.85. The van der Waals surface area contributed by atoms with Crippen LogP contribution in [0.3, 0.4) is 0 Å². The zero-order valence-electron chi connectivity index (χ0n) is 16.5. The quantitative estimate of drug-likeness (QED) is 0.565. The summed E-state index contributed by atoms with van der Waals surface area (Å²) in [6.07, 6.45) is 4.98. The van der Waals surface area contributed by atoms with E-state index in [0.29, 0.717) is 10.8 Å². The first kappa shape index (κ1) is 19.6. The molecule has 3 rings (SSSR count). The fourth-order valence-electron chi connectivity index (χ4n) is 3.60. The molecule has 2 aliphatic rings.